The monoisotopic (exact) mass is 779 g/mol. The smallest absolute Gasteiger partial charge is 0.410 e. The molecule has 2 aliphatic carbocycles. The van der Waals surface area contributed by atoms with Crippen LogP contribution in [0.2, 0.25) is 0 Å². The number of alkyl carbamates (subject to hydrolysis) is 1. The Kier molecular flexibility index (Phi) is 10.6. The van der Waals surface area contributed by atoms with Crippen molar-refractivity contribution < 1.29 is 50.5 Å². The SMILES string of the molecule is C[C@@H]1CC/C=C\[C@@H]2C[C@@]2(C(=O)NS(=O)(=O)C2(C)CC2)NC(=O)[C@@H]2C[C@@H](OC(=O)N3Cc4cccc(F)c4C3)CN2C(=O)[C@@H](NC(=O)OC(C)(C)C)[C@H](C)C1.[HH].[HH].[HH]. The summed E-state index contributed by atoms with van der Waals surface area (Å²) in [6.07, 6.45) is 3.94. The molecular formula is C38H58FN5O9S. The van der Waals surface area contributed by atoms with Crippen molar-refractivity contribution in [1.82, 2.24) is 25.2 Å². The third-order valence-corrected chi connectivity index (χ3v) is 13.5. The molecule has 5 aliphatic rings. The average Bonchev–Trinajstić information content (AvgIpc) is 3.86. The van der Waals surface area contributed by atoms with Crippen LogP contribution in [0, 0.1) is 23.6 Å². The minimum atomic E-state index is -4.03. The predicted molar refractivity (Wildman–Crippen MR) is 201 cm³/mol. The number of halogens is 1. The number of sulfonamides is 1. The first-order chi connectivity index (χ1) is 25.2. The highest BCUT2D eigenvalue weighted by molar-refractivity contribution is 7.91. The number of rotatable bonds is 5. The Labute approximate surface area is 320 Å². The summed E-state index contributed by atoms with van der Waals surface area (Å²) < 4.78 is 53.2. The van der Waals surface area contributed by atoms with Gasteiger partial charge in [-0.05, 0) is 89.7 Å². The molecule has 0 spiro atoms. The maximum absolute atomic E-state index is 14.6. The fourth-order valence-electron chi connectivity index (χ4n) is 7.76. The highest BCUT2D eigenvalue weighted by Gasteiger charge is 2.63. The van der Waals surface area contributed by atoms with Crippen LogP contribution in [-0.4, -0.2) is 88.7 Å². The molecule has 0 bridgehead atoms. The molecule has 1 aromatic rings. The summed E-state index contributed by atoms with van der Waals surface area (Å²) in [5.74, 6) is -3.41. The zero-order valence-electron chi connectivity index (χ0n) is 31.8. The van der Waals surface area contributed by atoms with Gasteiger partial charge < -0.3 is 25.0 Å². The molecule has 16 heteroatoms. The summed E-state index contributed by atoms with van der Waals surface area (Å²) in [5, 5.41) is 5.55. The number of hydrogen-bond donors (Lipinski definition) is 3. The van der Waals surface area contributed by atoms with E-state index >= 15 is 0 Å². The summed E-state index contributed by atoms with van der Waals surface area (Å²) in [6, 6.07) is 2.23. The standard InChI is InChI=1S/C38H52FN5O9S.3H2/c1-22-10-7-8-12-25-18-38(25,33(47)42-54(50,51)37(6)14-15-37)41-31(45)29-17-26(52-35(49)43-19-24-11-9-13-28(39)27(24)21-43)20-44(29)32(46)30(23(2)16-22)40-34(48)53-36(3,4)5;;;/h8-9,11-13,22-23,25-26,29-30H,7,10,14-21H2,1-6H3,(H,40,48)(H,41,45)(H,42,47);3*1H/b12-8-;;;/t22-,23-,25-,26-,29+,30+,38-;;;/m1.../s1. The second-order valence-corrected chi connectivity index (χ2v) is 19.3. The van der Waals surface area contributed by atoms with E-state index in [1.165, 1.54) is 15.9 Å². The molecule has 3 N–H and O–H groups in total. The van der Waals surface area contributed by atoms with E-state index in [1.54, 1.807) is 39.8 Å². The summed E-state index contributed by atoms with van der Waals surface area (Å²) >= 11 is 0. The summed E-state index contributed by atoms with van der Waals surface area (Å²) in [4.78, 5) is 72.0. The highest BCUT2D eigenvalue weighted by atomic mass is 32.2. The molecule has 14 nitrogen and oxygen atoms in total. The molecule has 6 rings (SSSR count). The number of hydrogen-bond acceptors (Lipinski definition) is 9. The Balaban J connectivity index is 0.00000290. The van der Waals surface area contributed by atoms with E-state index < -0.39 is 91.7 Å². The molecule has 1 aromatic carbocycles. The van der Waals surface area contributed by atoms with Gasteiger partial charge in [-0.15, -0.1) is 0 Å². The second kappa shape index (κ2) is 14.5. The maximum Gasteiger partial charge on any atom is 0.410 e. The second-order valence-electron chi connectivity index (χ2n) is 17.1. The third-order valence-electron chi connectivity index (χ3n) is 11.4. The van der Waals surface area contributed by atoms with Crippen LogP contribution in [-0.2, 0) is 47.0 Å². The van der Waals surface area contributed by atoms with E-state index in [-0.39, 0.29) is 42.7 Å². The molecule has 0 unspecified atom stereocenters. The Bertz CT molecular complexity index is 1860. The van der Waals surface area contributed by atoms with Gasteiger partial charge in [-0.25, -0.2) is 22.4 Å². The Morgan fingerprint density at radius 2 is 1.81 bits per heavy atom. The van der Waals surface area contributed by atoms with Crippen LogP contribution in [0.5, 0.6) is 0 Å². The molecule has 1 saturated heterocycles. The van der Waals surface area contributed by atoms with Gasteiger partial charge in [0.05, 0.1) is 17.8 Å². The highest BCUT2D eigenvalue weighted by Crippen LogP contribution is 2.47. The van der Waals surface area contributed by atoms with Crippen LogP contribution < -0.4 is 15.4 Å². The first-order valence-electron chi connectivity index (χ1n) is 18.8. The molecule has 0 radical (unpaired) electrons. The van der Waals surface area contributed by atoms with E-state index in [9.17, 15) is 36.8 Å². The minimum Gasteiger partial charge on any atom is -0.444 e. The largest absolute Gasteiger partial charge is 0.444 e. The van der Waals surface area contributed by atoms with Crippen molar-refractivity contribution in [2.75, 3.05) is 6.54 Å². The van der Waals surface area contributed by atoms with Gasteiger partial charge in [0.1, 0.15) is 35.1 Å². The van der Waals surface area contributed by atoms with Crippen molar-refractivity contribution in [3.05, 3.63) is 47.3 Å². The van der Waals surface area contributed by atoms with Gasteiger partial charge in [-0.3, -0.25) is 24.0 Å². The molecule has 7 atom stereocenters. The van der Waals surface area contributed by atoms with Gasteiger partial charge in [0, 0.05) is 28.7 Å². The Morgan fingerprint density at radius 3 is 2.48 bits per heavy atom. The van der Waals surface area contributed by atoms with Gasteiger partial charge in [0.15, 0.2) is 0 Å². The van der Waals surface area contributed by atoms with E-state index in [2.05, 4.69) is 15.4 Å². The van der Waals surface area contributed by atoms with Crippen molar-refractivity contribution in [1.29, 1.82) is 0 Å². The van der Waals surface area contributed by atoms with Crippen LogP contribution >= 0.6 is 0 Å². The molecule has 0 aromatic heterocycles. The van der Waals surface area contributed by atoms with Crippen LogP contribution in [0.1, 0.15) is 102 Å². The molecule has 2 saturated carbocycles. The molecule has 3 aliphatic heterocycles. The Morgan fingerprint density at radius 1 is 1.09 bits per heavy atom. The first-order valence-corrected chi connectivity index (χ1v) is 20.3. The lowest BCUT2D eigenvalue weighted by atomic mass is 9.88. The number of allylic oxidation sites excluding steroid dienone is 1. The zero-order chi connectivity index (χ0) is 39.4. The average molecular weight is 780 g/mol. The van der Waals surface area contributed by atoms with Gasteiger partial charge in [-0.2, -0.15) is 0 Å². The predicted octanol–water partition coefficient (Wildman–Crippen LogP) is 4.76. The van der Waals surface area contributed by atoms with E-state index in [0.717, 1.165) is 6.42 Å². The van der Waals surface area contributed by atoms with Crippen LogP contribution in [0.3, 0.4) is 0 Å². The number of amides is 5. The number of benzene rings is 1. The topological polar surface area (TPSA) is 181 Å². The lowest BCUT2D eigenvalue weighted by molar-refractivity contribution is -0.142. The van der Waals surface area contributed by atoms with Gasteiger partial charge in [-0.1, -0.05) is 38.1 Å². The number of nitrogens with zero attached hydrogens (tertiary/aromatic N) is 2. The zero-order valence-corrected chi connectivity index (χ0v) is 32.6. The van der Waals surface area contributed by atoms with Crippen molar-refractivity contribution in [3.8, 4) is 0 Å². The van der Waals surface area contributed by atoms with Crippen molar-refractivity contribution in [3.63, 3.8) is 0 Å². The lowest BCUT2D eigenvalue weighted by Crippen LogP contribution is -2.59. The number of carbonyl (C=O) groups is 5. The summed E-state index contributed by atoms with van der Waals surface area (Å²) in [5.41, 5.74) is -1.41. The van der Waals surface area contributed by atoms with Crippen LogP contribution in [0.25, 0.3) is 0 Å². The fourth-order valence-corrected chi connectivity index (χ4v) is 9.07. The van der Waals surface area contributed by atoms with E-state index in [0.29, 0.717) is 36.8 Å². The molecule has 5 amide bonds. The number of ether oxygens (including phenoxy) is 2. The van der Waals surface area contributed by atoms with Crippen molar-refractivity contribution >= 4 is 39.9 Å². The van der Waals surface area contributed by atoms with Crippen molar-refractivity contribution in [2.24, 2.45) is 17.8 Å². The quantitative estimate of drug-likeness (QED) is 0.355. The molecule has 302 valence electrons. The maximum atomic E-state index is 14.6. The van der Waals surface area contributed by atoms with E-state index in [1.807, 2.05) is 26.0 Å². The van der Waals surface area contributed by atoms with Gasteiger partial charge in [0.25, 0.3) is 5.91 Å². The minimum absolute atomic E-state index is 0. The summed E-state index contributed by atoms with van der Waals surface area (Å²) in [6.45, 7) is 10.4. The molecule has 3 heterocycles. The third kappa shape index (κ3) is 8.22. The van der Waals surface area contributed by atoms with Gasteiger partial charge >= 0.3 is 12.2 Å². The van der Waals surface area contributed by atoms with E-state index in [4.69, 9.17) is 9.47 Å². The summed E-state index contributed by atoms with van der Waals surface area (Å²) in [7, 11) is -4.03. The number of carbonyl (C=O) groups excluding carboxylic acids is 5. The fraction of sp³-hybridized carbons (Fsp3) is 0.658. The lowest BCUT2D eigenvalue weighted by Gasteiger charge is -2.33. The Hall–Kier alpha value is -4.21. The van der Waals surface area contributed by atoms with Crippen LogP contribution in [0.15, 0.2) is 30.4 Å². The molecule has 54 heavy (non-hydrogen) atoms. The van der Waals surface area contributed by atoms with Crippen LogP contribution in [0.4, 0.5) is 14.0 Å². The molecule has 3 fully saturated rings. The first kappa shape index (κ1) is 39.5. The van der Waals surface area contributed by atoms with Crippen molar-refractivity contribution in [2.45, 2.75) is 134 Å². The number of nitrogens with one attached hydrogen (secondary N) is 3. The molecular weight excluding hydrogens is 722 g/mol. The number of fused-ring (bicyclic) bond motifs is 3. The van der Waals surface area contributed by atoms with Gasteiger partial charge in [0.2, 0.25) is 21.8 Å². The normalized spacial score (nSPS) is 31.4.